The third-order valence-corrected chi connectivity index (χ3v) is 16.2. The van der Waals surface area contributed by atoms with Crippen LogP contribution in [-0.2, 0) is 29.1 Å². The number of hydrogen-bond donors (Lipinski definition) is 3. The third kappa shape index (κ3) is 9.51. The van der Waals surface area contributed by atoms with Gasteiger partial charge in [-0.3, -0.25) is 24.4 Å². The van der Waals surface area contributed by atoms with Crippen molar-refractivity contribution in [3.63, 3.8) is 0 Å². The molecular formula is C48H56ClN5O10S. The number of halogens is 1. The van der Waals surface area contributed by atoms with Crippen molar-refractivity contribution in [2.75, 3.05) is 20.8 Å². The number of carbonyl (C=O) groups excluding carboxylic acids is 4. The van der Waals surface area contributed by atoms with Crippen molar-refractivity contribution < 1.29 is 46.5 Å². The molecule has 2 aliphatic heterocycles. The second-order valence-electron chi connectivity index (χ2n) is 18.9. The van der Waals surface area contributed by atoms with E-state index in [9.17, 15) is 22.8 Å². The van der Waals surface area contributed by atoms with Crippen molar-refractivity contribution in [3.8, 4) is 28.6 Å². The second kappa shape index (κ2) is 17.8. The van der Waals surface area contributed by atoms with Gasteiger partial charge in [-0.05, 0) is 129 Å². The van der Waals surface area contributed by atoms with Gasteiger partial charge in [0.15, 0.2) is 0 Å². The zero-order chi connectivity index (χ0) is 45.8. The van der Waals surface area contributed by atoms with Crippen molar-refractivity contribution in [2.24, 2.45) is 29.6 Å². The molecule has 0 bridgehead atoms. The zero-order valence-corrected chi connectivity index (χ0v) is 38.6. The summed E-state index contributed by atoms with van der Waals surface area (Å²) in [6.45, 7) is 3.98. The fourth-order valence-corrected chi connectivity index (χ4v) is 11.6. The van der Waals surface area contributed by atoms with E-state index < -0.39 is 62.7 Å². The van der Waals surface area contributed by atoms with Gasteiger partial charge in [0, 0.05) is 35.1 Å². The van der Waals surface area contributed by atoms with Crippen LogP contribution in [0.25, 0.3) is 22.0 Å². The van der Waals surface area contributed by atoms with Crippen molar-refractivity contribution >= 4 is 56.2 Å². The third-order valence-electron chi connectivity index (χ3n) is 14.1. The lowest BCUT2D eigenvalue weighted by Gasteiger charge is -2.29. The van der Waals surface area contributed by atoms with E-state index >= 15 is 4.79 Å². The van der Waals surface area contributed by atoms with E-state index in [1.807, 2.05) is 43.3 Å². The molecule has 3 N–H and O–H groups in total. The number of carbonyl (C=O) groups is 4. The van der Waals surface area contributed by atoms with Gasteiger partial charge in [-0.2, -0.15) is 0 Å². The maximum atomic E-state index is 15.1. The summed E-state index contributed by atoms with van der Waals surface area (Å²) in [5, 5.41) is 6.82. The first-order chi connectivity index (χ1) is 31.1. The number of nitrogens with one attached hydrogen (secondary N) is 3. The maximum Gasteiger partial charge on any atom is 0.411 e. The van der Waals surface area contributed by atoms with E-state index in [2.05, 4.69) is 22.3 Å². The number of aromatic nitrogens is 1. The van der Waals surface area contributed by atoms with Crippen LogP contribution in [0.1, 0.15) is 78.1 Å². The highest BCUT2D eigenvalue weighted by Crippen LogP contribution is 2.52. The highest BCUT2D eigenvalue weighted by molar-refractivity contribution is 7.91. The summed E-state index contributed by atoms with van der Waals surface area (Å²) in [6, 6.07) is 11.5. The minimum atomic E-state index is -3.93. The Morgan fingerprint density at radius 3 is 2.46 bits per heavy atom. The number of methoxy groups -OCH3 is 2. The molecule has 6 aliphatic rings. The normalized spacial score (nSPS) is 30.5. The summed E-state index contributed by atoms with van der Waals surface area (Å²) >= 11 is 6.55. The molecule has 346 valence electrons. The standard InChI is InChI=1S/C48H56ClN5O10S/c1-26-7-5-6-8-32-23-48(32,46(57)53-65(59,60)36-11-12-36)52-43(55)41-22-35(25-54(41)45(56)38(27(2)15-26)24-50-47(58)64-34-17-29-16-30(29)18-34)63-44-37-13-10-33(61-3)19-31(37)21-40(51-44)28-9-14-42(62-4)39(49)20-28/h6,8-10,13-14,19-21,24,26-27,29-30,32,34-36,41H,5,7,11-12,15-18,22-23,25H2,1-4H3,(H,50,58)(H,52,55)(H,53,57). The molecule has 3 heterocycles. The summed E-state index contributed by atoms with van der Waals surface area (Å²) in [6.07, 6.45) is 9.69. The Bertz CT molecular complexity index is 2570. The van der Waals surface area contributed by atoms with Gasteiger partial charge in [-0.15, -0.1) is 0 Å². The minimum absolute atomic E-state index is 0.00557. The van der Waals surface area contributed by atoms with E-state index in [1.54, 1.807) is 25.3 Å². The first-order valence-electron chi connectivity index (χ1n) is 22.7. The molecule has 0 spiro atoms. The van der Waals surface area contributed by atoms with E-state index in [0.717, 1.165) is 24.6 Å². The van der Waals surface area contributed by atoms with Crippen LogP contribution in [0.2, 0.25) is 5.02 Å². The lowest BCUT2D eigenvalue weighted by Crippen LogP contribution is -2.56. The van der Waals surface area contributed by atoms with Crippen molar-refractivity contribution in [1.82, 2.24) is 25.2 Å². The van der Waals surface area contributed by atoms with Gasteiger partial charge in [-0.25, -0.2) is 18.2 Å². The molecule has 9 rings (SSSR count). The molecule has 17 heteroatoms. The van der Waals surface area contributed by atoms with E-state index in [-0.39, 0.29) is 48.8 Å². The van der Waals surface area contributed by atoms with Crippen LogP contribution in [0.15, 0.2) is 66.4 Å². The number of sulfonamides is 1. The van der Waals surface area contributed by atoms with Crippen LogP contribution in [0.3, 0.4) is 0 Å². The van der Waals surface area contributed by atoms with E-state index in [0.29, 0.717) is 70.7 Å². The van der Waals surface area contributed by atoms with Crippen LogP contribution in [0.4, 0.5) is 4.79 Å². The topological polar surface area (TPSA) is 192 Å². The number of allylic oxidation sites excluding steroid dienone is 1. The number of ether oxygens (including phenoxy) is 4. The molecule has 1 saturated heterocycles. The first kappa shape index (κ1) is 44.8. The molecular weight excluding hydrogens is 874 g/mol. The molecule has 8 atom stereocenters. The fourth-order valence-electron chi connectivity index (χ4n) is 10.0. The fraction of sp³-hybridized carbons (Fsp3) is 0.521. The van der Waals surface area contributed by atoms with Gasteiger partial charge >= 0.3 is 6.09 Å². The Hall–Kier alpha value is -5.35. The van der Waals surface area contributed by atoms with Gasteiger partial charge < -0.3 is 29.2 Å². The molecule has 15 nitrogen and oxygen atoms in total. The second-order valence-corrected chi connectivity index (χ2v) is 21.3. The predicted octanol–water partition coefficient (Wildman–Crippen LogP) is 6.82. The summed E-state index contributed by atoms with van der Waals surface area (Å²) < 4.78 is 51.8. The smallest absolute Gasteiger partial charge is 0.411 e. The number of rotatable bonds is 10. The average Bonchev–Trinajstić information content (AvgIpc) is 4.24. The quantitative estimate of drug-likeness (QED) is 0.143. The summed E-state index contributed by atoms with van der Waals surface area (Å²) in [7, 11) is -0.827. The van der Waals surface area contributed by atoms with Crippen LogP contribution >= 0.6 is 11.6 Å². The Balaban J connectivity index is 1.06. The Morgan fingerprint density at radius 2 is 1.74 bits per heavy atom. The molecule has 4 saturated carbocycles. The molecule has 8 unspecified atom stereocenters. The number of fused-ring (bicyclic) bond motifs is 4. The largest absolute Gasteiger partial charge is 0.497 e. The Kier molecular flexibility index (Phi) is 12.3. The SMILES string of the molecule is COc1ccc2c(OC3CC4C(=O)NC5(C(=O)NS(=O)(=O)C6CC6)CC5C=CCCC(C)CC(C)C(=CNC(=O)OC5CC6CC6C5)C(=O)N4C3)nc(-c3ccc(OC)c(Cl)c3)cc2c1. The van der Waals surface area contributed by atoms with Gasteiger partial charge in [0.25, 0.3) is 11.8 Å². The van der Waals surface area contributed by atoms with Crippen LogP contribution in [0, 0.1) is 29.6 Å². The number of benzene rings is 2. The molecule has 4 amide bonds. The van der Waals surface area contributed by atoms with Gasteiger partial charge in [0.05, 0.1) is 36.7 Å². The minimum Gasteiger partial charge on any atom is -0.497 e. The summed E-state index contributed by atoms with van der Waals surface area (Å²) in [5.74, 6) is -0.00282. The summed E-state index contributed by atoms with van der Waals surface area (Å²) in [5.41, 5.74) is -0.0336. The summed E-state index contributed by atoms with van der Waals surface area (Å²) in [4.78, 5) is 63.5. The molecule has 1 aromatic heterocycles. The lowest BCUT2D eigenvalue weighted by atomic mass is 9.88. The molecule has 5 fully saturated rings. The van der Waals surface area contributed by atoms with Crippen molar-refractivity contribution in [3.05, 3.63) is 71.4 Å². The first-order valence-corrected chi connectivity index (χ1v) is 24.6. The molecule has 0 radical (unpaired) electrons. The van der Waals surface area contributed by atoms with Crippen LogP contribution in [0.5, 0.6) is 17.4 Å². The number of amides is 4. The predicted molar refractivity (Wildman–Crippen MR) is 243 cm³/mol. The zero-order valence-electron chi connectivity index (χ0n) is 37.0. The van der Waals surface area contributed by atoms with Gasteiger partial charge in [0.1, 0.15) is 35.3 Å². The number of nitrogens with zero attached hydrogens (tertiary/aromatic N) is 2. The van der Waals surface area contributed by atoms with E-state index in [1.165, 1.54) is 24.6 Å². The Morgan fingerprint density at radius 1 is 0.954 bits per heavy atom. The average molecular weight is 931 g/mol. The molecule has 65 heavy (non-hydrogen) atoms. The lowest BCUT2D eigenvalue weighted by molar-refractivity contribution is -0.138. The Labute approximate surface area is 384 Å². The van der Waals surface area contributed by atoms with Gasteiger partial charge in [-0.1, -0.05) is 37.6 Å². The van der Waals surface area contributed by atoms with Crippen molar-refractivity contribution in [1.29, 1.82) is 0 Å². The number of pyridine rings is 1. The van der Waals surface area contributed by atoms with Crippen molar-refractivity contribution in [2.45, 2.75) is 107 Å². The maximum absolute atomic E-state index is 15.1. The molecule has 2 aromatic carbocycles. The van der Waals surface area contributed by atoms with Gasteiger partial charge in [0.2, 0.25) is 21.8 Å². The highest BCUT2D eigenvalue weighted by atomic mass is 35.5. The monoisotopic (exact) mass is 929 g/mol. The van der Waals surface area contributed by atoms with Crippen LogP contribution in [-0.4, -0.2) is 91.9 Å². The van der Waals surface area contributed by atoms with E-state index in [4.69, 9.17) is 35.5 Å². The molecule has 3 aromatic rings. The number of alkyl carbamates (subject to hydrolysis) is 1. The molecule has 4 aliphatic carbocycles. The number of hydrogen-bond acceptors (Lipinski definition) is 11. The highest BCUT2D eigenvalue weighted by Gasteiger charge is 2.62. The van der Waals surface area contributed by atoms with Crippen LogP contribution < -0.4 is 29.6 Å².